The Morgan fingerprint density at radius 2 is 1.51 bits per heavy atom. The van der Waals surface area contributed by atoms with Crippen molar-refractivity contribution in [3.8, 4) is 0 Å². The van der Waals surface area contributed by atoms with Crippen LogP contribution < -0.4 is 0 Å². The van der Waals surface area contributed by atoms with Crippen molar-refractivity contribution in [2.75, 3.05) is 0 Å². The van der Waals surface area contributed by atoms with Gasteiger partial charge in [-0.1, -0.05) is 34.6 Å². The highest BCUT2D eigenvalue weighted by atomic mass is 16.5. The summed E-state index contributed by atoms with van der Waals surface area (Å²) in [6.45, 7) is 19.0. The van der Waals surface area contributed by atoms with Gasteiger partial charge in [-0.15, -0.1) is 0 Å². The summed E-state index contributed by atoms with van der Waals surface area (Å²) in [7, 11) is 0. The Morgan fingerprint density at radius 3 is 2.11 bits per heavy atom. The van der Waals surface area contributed by atoms with E-state index in [1.54, 1.807) is 20.8 Å². The third-order valence-electron chi connectivity index (χ3n) is 13.2. The van der Waals surface area contributed by atoms with Crippen molar-refractivity contribution in [3.05, 3.63) is 0 Å². The van der Waals surface area contributed by atoms with Gasteiger partial charge in [-0.3, -0.25) is 4.79 Å². The molecule has 0 radical (unpaired) electrons. The van der Waals surface area contributed by atoms with Crippen LogP contribution >= 0.6 is 0 Å². The smallest absolute Gasteiger partial charge is 0.302 e. The van der Waals surface area contributed by atoms with Crippen LogP contribution in [0.3, 0.4) is 0 Å². The highest BCUT2D eigenvalue weighted by Gasteiger charge is 2.69. The summed E-state index contributed by atoms with van der Waals surface area (Å²) in [4.78, 5) is 11.8. The van der Waals surface area contributed by atoms with Crippen molar-refractivity contribution >= 4 is 5.97 Å². The third-order valence-corrected chi connectivity index (χ3v) is 13.2. The molecule has 4 rings (SSSR count). The quantitative estimate of drug-likeness (QED) is 0.360. The number of esters is 1. The summed E-state index contributed by atoms with van der Waals surface area (Å²) in [6.07, 6.45) is 9.10. The average molecular weight is 521 g/mol. The van der Waals surface area contributed by atoms with Crippen molar-refractivity contribution in [2.24, 2.45) is 45.3 Å². The van der Waals surface area contributed by atoms with Gasteiger partial charge in [-0.2, -0.15) is 0 Å². The molecule has 0 amide bonds. The lowest BCUT2D eigenvalue weighted by molar-refractivity contribution is -0.214. The topological polar surface area (TPSA) is 87.0 Å². The van der Waals surface area contributed by atoms with Crippen LogP contribution in [0.5, 0.6) is 0 Å². The summed E-state index contributed by atoms with van der Waals surface area (Å²) in [5, 5.41) is 32.5. The van der Waals surface area contributed by atoms with Crippen molar-refractivity contribution in [2.45, 2.75) is 150 Å². The van der Waals surface area contributed by atoms with Crippen molar-refractivity contribution in [3.63, 3.8) is 0 Å². The molecule has 10 unspecified atom stereocenters. The van der Waals surface area contributed by atoms with Gasteiger partial charge in [0.15, 0.2) is 0 Å². The minimum absolute atomic E-state index is 0.00859. The van der Waals surface area contributed by atoms with E-state index in [-0.39, 0.29) is 39.7 Å². The van der Waals surface area contributed by atoms with Gasteiger partial charge in [0.05, 0.1) is 17.3 Å². The molecule has 0 aromatic rings. The number of aliphatic hydroxyl groups excluding tert-OH is 1. The zero-order valence-corrected chi connectivity index (χ0v) is 25.2. The van der Waals surface area contributed by atoms with E-state index in [9.17, 15) is 20.1 Å². The molecule has 4 aliphatic rings. The highest BCUT2D eigenvalue weighted by molar-refractivity contribution is 5.66. The second-order valence-corrected chi connectivity index (χ2v) is 15.8. The third kappa shape index (κ3) is 4.51. The molecule has 4 saturated carbocycles. The standard InChI is InChI=1S/C32H56O5/c1-20(33)37-26-15-16-29(6)21-12-17-31(8)24(32(9,36)19-14-25(34)28(4,5)35)13-18-30(31,7)22(21)10-11-23(29)27(26,2)3/h21-26,34-36H,10-19H2,1-9H3. The number of carbonyl (C=O) groups is 1. The van der Waals surface area contributed by atoms with E-state index in [0.717, 1.165) is 32.1 Å². The summed E-state index contributed by atoms with van der Waals surface area (Å²) in [6, 6.07) is 0. The molecule has 10 atom stereocenters. The summed E-state index contributed by atoms with van der Waals surface area (Å²) >= 11 is 0. The fraction of sp³-hybridized carbons (Fsp3) is 0.969. The maximum atomic E-state index is 11.8. The Labute approximate surface area is 226 Å². The molecule has 4 aliphatic carbocycles. The maximum absolute atomic E-state index is 11.8. The van der Waals surface area contributed by atoms with Gasteiger partial charge in [-0.25, -0.2) is 0 Å². The van der Waals surface area contributed by atoms with Crippen LogP contribution in [0.2, 0.25) is 0 Å². The predicted molar refractivity (Wildman–Crippen MR) is 147 cm³/mol. The Kier molecular flexibility index (Phi) is 7.29. The van der Waals surface area contributed by atoms with Gasteiger partial charge < -0.3 is 20.1 Å². The minimum atomic E-state index is -1.15. The van der Waals surface area contributed by atoms with E-state index in [4.69, 9.17) is 4.74 Å². The van der Waals surface area contributed by atoms with E-state index in [2.05, 4.69) is 34.6 Å². The van der Waals surface area contributed by atoms with E-state index in [0.29, 0.717) is 30.6 Å². The Hall–Kier alpha value is -0.650. The van der Waals surface area contributed by atoms with Crippen LogP contribution in [-0.2, 0) is 9.53 Å². The van der Waals surface area contributed by atoms with E-state index < -0.39 is 17.3 Å². The lowest BCUT2D eigenvalue weighted by atomic mass is 9.38. The van der Waals surface area contributed by atoms with Gasteiger partial charge in [-0.05, 0) is 125 Å². The van der Waals surface area contributed by atoms with Crippen LogP contribution in [0.25, 0.3) is 0 Å². The number of hydrogen-bond donors (Lipinski definition) is 3. The molecular formula is C32H56O5. The monoisotopic (exact) mass is 520 g/mol. The normalized spacial score (nSPS) is 45.7. The first-order valence-electron chi connectivity index (χ1n) is 15.1. The fourth-order valence-electron chi connectivity index (χ4n) is 10.8. The first-order chi connectivity index (χ1) is 16.8. The number of carbonyl (C=O) groups excluding carboxylic acids is 1. The largest absolute Gasteiger partial charge is 0.462 e. The van der Waals surface area contributed by atoms with Gasteiger partial charge in [0.1, 0.15) is 6.10 Å². The number of aliphatic hydroxyl groups is 3. The minimum Gasteiger partial charge on any atom is -0.462 e. The van der Waals surface area contributed by atoms with Crippen LogP contribution in [-0.4, -0.2) is 44.7 Å². The van der Waals surface area contributed by atoms with Gasteiger partial charge in [0.25, 0.3) is 0 Å². The number of ether oxygens (including phenoxy) is 1. The number of fused-ring (bicyclic) bond motifs is 5. The van der Waals surface area contributed by atoms with Crippen LogP contribution in [0.15, 0.2) is 0 Å². The van der Waals surface area contributed by atoms with Crippen molar-refractivity contribution in [1.82, 2.24) is 0 Å². The Balaban J connectivity index is 1.56. The van der Waals surface area contributed by atoms with Crippen LogP contribution in [0, 0.1) is 45.3 Å². The molecule has 3 N–H and O–H groups in total. The zero-order chi connectivity index (χ0) is 27.8. The summed E-state index contributed by atoms with van der Waals surface area (Å²) in [5.74, 6) is 1.91. The molecule has 0 heterocycles. The fourth-order valence-corrected chi connectivity index (χ4v) is 10.8. The number of hydrogen-bond acceptors (Lipinski definition) is 5. The van der Waals surface area contributed by atoms with Gasteiger partial charge in [0, 0.05) is 12.3 Å². The molecule has 4 fully saturated rings. The van der Waals surface area contributed by atoms with Crippen LogP contribution in [0.4, 0.5) is 0 Å². The molecule has 5 heteroatoms. The highest BCUT2D eigenvalue weighted by Crippen LogP contribution is 2.75. The van der Waals surface area contributed by atoms with Gasteiger partial charge >= 0.3 is 5.97 Å². The van der Waals surface area contributed by atoms with Crippen molar-refractivity contribution < 1.29 is 24.9 Å². The molecule has 37 heavy (non-hydrogen) atoms. The summed E-state index contributed by atoms with van der Waals surface area (Å²) in [5.41, 5.74) is -1.54. The maximum Gasteiger partial charge on any atom is 0.302 e. The number of rotatable bonds is 6. The molecule has 5 nitrogen and oxygen atoms in total. The lowest BCUT2D eigenvalue weighted by Gasteiger charge is -2.67. The van der Waals surface area contributed by atoms with Crippen LogP contribution in [0.1, 0.15) is 127 Å². The van der Waals surface area contributed by atoms with E-state index >= 15 is 0 Å². The predicted octanol–water partition coefficient (Wildman–Crippen LogP) is 6.27. The van der Waals surface area contributed by atoms with Crippen molar-refractivity contribution in [1.29, 1.82) is 0 Å². The molecule has 214 valence electrons. The Bertz CT molecular complexity index is 873. The molecule has 0 aliphatic heterocycles. The van der Waals surface area contributed by atoms with E-state index in [1.807, 2.05) is 6.92 Å². The molecular weight excluding hydrogens is 464 g/mol. The zero-order valence-electron chi connectivity index (χ0n) is 25.2. The second kappa shape index (κ2) is 9.20. The average Bonchev–Trinajstić information content (AvgIpc) is 3.05. The molecule has 0 aromatic heterocycles. The summed E-state index contributed by atoms with van der Waals surface area (Å²) < 4.78 is 5.85. The Morgan fingerprint density at radius 1 is 0.892 bits per heavy atom. The first kappa shape index (κ1) is 29.3. The second-order valence-electron chi connectivity index (χ2n) is 15.8. The molecule has 0 bridgehead atoms. The molecule has 0 saturated heterocycles. The first-order valence-corrected chi connectivity index (χ1v) is 15.1. The molecule has 0 aromatic carbocycles. The van der Waals surface area contributed by atoms with Gasteiger partial charge in [0.2, 0.25) is 0 Å². The van der Waals surface area contributed by atoms with E-state index in [1.165, 1.54) is 19.3 Å². The lowest BCUT2D eigenvalue weighted by Crippen LogP contribution is -2.62. The molecule has 0 spiro atoms. The SMILES string of the molecule is CC(=O)OC1CCC2(C)C3CCC4(C)C(C(C)(O)CCC(O)C(C)(C)O)CCC4(C)C3CCC2C1(C)C.